The predicted octanol–water partition coefficient (Wildman–Crippen LogP) is 6.50. The van der Waals surface area contributed by atoms with Gasteiger partial charge in [0.1, 0.15) is 18.3 Å². The van der Waals surface area contributed by atoms with Crippen LogP contribution in [0.4, 0.5) is 5.69 Å². The number of ether oxygens (including phenoxy) is 1. The minimum Gasteiger partial charge on any atom is -0.492 e. The Labute approximate surface area is 266 Å². The van der Waals surface area contributed by atoms with Gasteiger partial charge in [-0.1, -0.05) is 79.7 Å². The molecule has 8 nitrogen and oxygen atoms in total. The van der Waals surface area contributed by atoms with Crippen LogP contribution in [0.15, 0.2) is 77.7 Å². The Hall–Kier alpha value is -3.56. The molecule has 1 aliphatic carbocycles. The highest BCUT2D eigenvalue weighted by atomic mass is 35.5. The van der Waals surface area contributed by atoms with Gasteiger partial charge in [-0.15, -0.1) is 0 Å². The Kier molecular flexibility index (Phi) is 11.7. The third-order valence-corrected chi connectivity index (χ3v) is 9.91. The molecular weight excluding hydrogens is 598 g/mol. The summed E-state index contributed by atoms with van der Waals surface area (Å²) in [7, 11) is -4.25. The molecule has 3 aromatic rings. The van der Waals surface area contributed by atoms with Gasteiger partial charge in [0.15, 0.2) is 0 Å². The second-order valence-electron chi connectivity index (χ2n) is 11.1. The van der Waals surface area contributed by atoms with E-state index in [4.69, 9.17) is 16.3 Å². The number of amides is 2. The fourth-order valence-electron chi connectivity index (χ4n) is 5.66. The molecule has 0 radical (unpaired) electrons. The lowest BCUT2D eigenvalue weighted by Crippen LogP contribution is -2.54. The number of para-hydroxylation sites is 2. The SMILES string of the molecule is CCOc1ccccc1N(CC(=O)N(Cc1cccc(C)c1)C(CC)C(=O)NC1CCCCC1)S(=O)(=O)c1ccc(Cl)cc1. The molecule has 2 amide bonds. The van der Waals surface area contributed by atoms with Crippen LogP contribution in [0.25, 0.3) is 0 Å². The number of hydrogen-bond acceptors (Lipinski definition) is 5. The Morgan fingerprint density at radius 3 is 2.34 bits per heavy atom. The molecule has 4 rings (SSSR count). The maximum Gasteiger partial charge on any atom is 0.264 e. The van der Waals surface area contributed by atoms with Crippen LogP contribution in [0.3, 0.4) is 0 Å². The first kappa shape index (κ1) is 33.3. The molecule has 0 bridgehead atoms. The van der Waals surface area contributed by atoms with Crippen LogP contribution in [-0.4, -0.2) is 50.4 Å². The summed E-state index contributed by atoms with van der Waals surface area (Å²) in [6.07, 6.45) is 5.47. The molecule has 10 heteroatoms. The Morgan fingerprint density at radius 1 is 0.977 bits per heavy atom. The van der Waals surface area contributed by atoms with Gasteiger partial charge in [-0.3, -0.25) is 13.9 Å². The number of nitrogens with one attached hydrogen (secondary N) is 1. The average Bonchev–Trinajstić information content (AvgIpc) is 3.01. The van der Waals surface area contributed by atoms with E-state index in [1.807, 2.05) is 38.1 Å². The fraction of sp³-hybridized carbons (Fsp3) is 0.412. The summed E-state index contributed by atoms with van der Waals surface area (Å²) in [6.45, 7) is 5.56. The lowest BCUT2D eigenvalue weighted by Gasteiger charge is -2.34. The highest BCUT2D eigenvalue weighted by Gasteiger charge is 2.35. The quantitative estimate of drug-likeness (QED) is 0.230. The molecule has 1 saturated carbocycles. The van der Waals surface area contributed by atoms with Gasteiger partial charge in [0.05, 0.1) is 17.2 Å². The monoisotopic (exact) mass is 639 g/mol. The summed E-state index contributed by atoms with van der Waals surface area (Å²) in [5.74, 6) is -0.393. The van der Waals surface area contributed by atoms with Crippen LogP contribution in [0.5, 0.6) is 5.75 Å². The Bertz CT molecular complexity index is 1520. The van der Waals surface area contributed by atoms with Crippen LogP contribution in [0.1, 0.15) is 63.5 Å². The van der Waals surface area contributed by atoms with E-state index in [-0.39, 0.29) is 29.1 Å². The number of benzene rings is 3. The van der Waals surface area contributed by atoms with Crippen LogP contribution >= 0.6 is 11.6 Å². The second kappa shape index (κ2) is 15.4. The van der Waals surface area contributed by atoms with Crippen molar-refractivity contribution in [3.63, 3.8) is 0 Å². The van der Waals surface area contributed by atoms with Crippen LogP contribution in [0, 0.1) is 6.92 Å². The summed E-state index contributed by atoms with van der Waals surface area (Å²) in [5, 5.41) is 3.57. The molecule has 1 unspecified atom stereocenters. The number of carbonyl (C=O) groups is 2. The van der Waals surface area contributed by atoms with E-state index in [0.29, 0.717) is 23.8 Å². The summed E-state index contributed by atoms with van der Waals surface area (Å²) < 4.78 is 35.2. The Balaban J connectivity index is 1.74. The van der Waals surface area contributed by atoms with Crippen LogP contribution in [0.2, 0.25) is 5.02 Å². The summed E-state index contributed by atoms with van der Waals surface area (Å²) in [4.78, 5) is 29.6. The zero-order valence-corrected chi connectivity index (χ0v) is 27.2. The first-order valence-electron chi connectivity index (χ1n) is 15.3. The first-order valence-corrected chi connectivity index (χ1v) is 17.1. The predicted molar refractivity (Wildman–Crippen MR) is 174 cm³/mol. The maximum absolute atomic E-state index is 14.4. The number of carbonyl (C=O) groups excluding carboxylic acids is 2. The fourth-order valence-corrected chi connectivity index (χ4v) is 7.21. The standard InChI is InChI=1S/C34H42ClN3O5S/c1-4-30(34(40)36-28-14-7-6-8-15-28)37(23-26-13-11-12-25(3)22-26)33(39)24-38(31-16-9-10-17-32(31)43-5-2)44(41,42)29-20-18-27(35)19-21-29/h9-13,16-22,28,30H,4-8,14-15,23-24H2,1-3H3,(H,36,40). The van der Waals surface area contributed by atoms with E-state index in [1.165, 1.54) is 29.2 Å². The first-order chi connectivity index (χ1) is 21.1. The van der Waals surface area contributed by atoms with Crippen molar-refractivity contribution in [2.75, 3.05) is 17.5 Å². The maximum atomic E-state index is 14.4. The number of anilines is 1. The lowest BCUT2D eigenvalue weighted by atomic mass is 9.95. The van der Waals surface area contributed by atoms with E-state index < -0.39 is 28.5 Å². The van der Waals surface area contributed by atoms with Crippen molar-refractivity contribution in [2.45, 2.75) is 82.8 Å². The molecule has 0 spiro atoms. The minimum absolute atomic E-state index is 0.0201. The Morgan fingerprint density at radius 2 is 1.68 bits per heavy atom. The van der Waals surface area contributed by atoms with Crippen molar-refractivity contribution in [2.24, 2.45) is 0 Å². The second-order valence-corrected chi connectivity index (χ2v) is 13.4. The third-order valence-electron chi connectivity index (χ3n) is 7.89. The zero-order valence-electron chi connectivity index (χ0n) is 25.7. The zero-order chi connectivity index (χ0) is 31.7. The number of halogens is 1. The molecule has 0 heterocycles. The molecule has 1 N–H and O–H groups in total. The molecule has 3 aromatic carbocycles. The van der Waals surface area contributed by atoms with Gasteiger partial charge < -0.3 is 15.0 Å². The van der Waals surface area contributed by atoms with Gasteiger partial charge in [0, 0.05) is 17.6 Å². The normalized spacial score (nSPS) is 14.5. The van der Waals surface area contributed by atoms with Crippen molar-refractivity contribution in [1.82, 2.24) is 10.2 Å². The summed E-state index contributed by atoms with van der Waals surface area (Å²) >= 11 is 6.06. The largest absolute Gasteiger partial charge is 0.492 e. The van der Waals surface area contributed by atoms with Crippen molar-refractivity contribution < 1.29 is 22.7 Å². The minimum atomic E-state index is -4.25. The average molecular weight is 640 g/mol. The molecule has 1 atom stereocenters. The lowest BCUT2D eigenvalue weighted by molar-refractivity contribution is -0.140. The number of nitrogens with zero attached hydrogens (tertiary/aromatic N) is 2. The van der Waals surface area contributed by atoms with E-state index in [1.54, 1.807) is 31.2 Å². The number of aryl methyl sites for hydroxylation is 1. The van der Waals surface area contributed by atoms with Crippen molar-refractivity contribution >= 4 is 39.1 Å². The van der Waals surface area contributed by atoms with E-state index in [0.717, 1.165) is 47.5 Å². The van der Waals surface area contributed by atoms with Gasteiger partial charge in [-0.05, 0) is 75.1 Å². The molecule has 44 heavy (non-hydrogen) atoms. The molecule has 236 valence electrons. The number of rotatable bonds is 13. The van der Waals surface area contributed by atoms with E-state index in [2.05, 4.69) is 5.32 Å². The number of hydrogen-bond donors (Lipinski definition) is 1. The van der Waals surface area contributed by atoms with Crippen LogP contribution < -0.4 is 14.4 Å². The smallest absolute Gasteiger partial charge is 0.264 e. The topological polar surface area (TPSA) is 96.0 Å². The molecule has 0 aliphatic heterocycles. The summed E-state index contributed by atoms with van der Waals surface area (Å²) in [5.41, 5.74) is 2.10. The van der Waals surface area contributed by atoms with Gasteiger partial charge >= 0.3 is 0 Å². The van der Waals surface area contributed by atoms with Crippen molar-refractivity contribution in [3.8, 4) is 5.75 Å². The van der Waals surface area contributed by atoms with E-state index in [9.17, 15) is 18.0 Å². The van der Waals surface area contributed by atoms with Crippen LogP contribution in [-0.2, 0) is 26.2 Å². The molecule has 0 aromatic heterocycles. The highest BCUT2D eigenvalue weighted by Crippen LogP contribution is 2.33. The van der Waals surface area contributed by atoms with Gasteiger partial charge in [-0.2, -0.15) is 0 Å². The van der Waals surface area contributed by atoms with Gasteiger partial charge in [0.25, 0.3) is 10.0 Å². The van der Waals surface area contributed by atoms with E-state index >= 15 is 0 Å². The van der Waals surface area contributed by atoms with Crippen molar-refractivity contribution in [1.29, 1.82) is 0 Å². The highest BCUT2D eigenvalue weighted by molar-refractivity contribution is 7.92. The van der Waals surface area contributed by atoms with Gasteiger partial charge in [-0.25, -0.2) is 8.42 Å². The van der Waals surface area contributed by atoms with Crippen molar-refractivity contribution in [3.05, 3.63) is 88.9 Å². The third kappa shape index (κ3) is 8.33. The molecule has 1 aliphatic rings. The molecule has 0 saturated heterocycles. The summed E-state index contributed by atoms with van der Waals surface area (Å²) in [6, 6.07) is 19.6. The number of sulfonamides is 1. The van der Waals surface area contributed by atoms with Gasteiger partial charge in [0.2, 0.25) is 11.8 Å². The molecule has 1 fully saturated rings. The molecular formula is C34H42ClN3O5S.